The highest BCUT2D eigenvalue weighted by atomic mass is 35.5. The van der Waals surface area contributed by atoms with Gasteiger partial charge in [-0.05, 0) is 60.5 Å². The predicted molar refractivity (Wildman–Crippen MR) is 125 cm³/mol. The molecule has 4 amide bonds. The van der Waals surface area contributed by atoms with Crippen LogP contribution in [0.15, 0.2) is 60.3 Å². The summed E-state index contributed by atoms with van der Waals surface area (Å²) in [4.78, 5) is 38.9. The molecule has 32 heavy (non-hydrogen) atoms. The normalized spacial score (nSPS) is 15.4. The number of halogens is 3. The van der Waals surface area contributed by atoms with E-state index in [1.807, 2.05) is 10.6 Å². The number of carbonyl (C=O) groups excluding carboxylic acids is 3. The van der Waals surface area contributed by atoms with E-state index in [9.17, 15) is 14.4 Å². The number of aryl methyl sites for hydroxylation is 1. The minimum Gasteiger partial charge on any atom is -0.343 e. The van der Waals surface area contributed by atoms with Crippen molar-refractivity contribution in [3.8, 4) is 0 Å². The van der Waals surface area contributed by atoms with Crippen molar-refractivity contribution in [1.29, 1.82) is 0 Å². The average molecular weight is 489 g/mol. The third kappa shape index (κ3) is 4.30. The van der Waals surface area contributed by atoms with Crippen molar-refractivity contribution in [2.24, 2.45) is 0 Å². The number of rotatable bonds is 4. The first kappa shape index (κ1) is 22.1. The van der Waals surface area contributed by atoms with Crippen molar-refractivity contribution >= 4 is 64.4 Å². The zero-order chi connectivity index (χ0) is 23.0. The lowest BCUT2D eigenvalue weighted by Crippen LogP contribution is -2.54. The van der Waals surface area contributed by atoms with Crippen LogP contribution in [0.2, 0.25) is 15.1 Å². The number of anilines is 1. The monoisotopic (exact) mass is 487 g/mol. The van der Waals surface area contributed by atoms with Crippen LogP contribution in [0.5, 0.6) is 0 Å². The van der Waals surface area contributed by atoms with E-state index in [2.05, 4.69) is 5.32 Å². The summed E-state index contributed by atoms with van der Waals surface area (Å²) in [6.45, 7) is 2.20. The lowest BCUT2D eigenvalue weighted by molar-refractivity contribution is -0.122. The van der Waals surface area contributed by atoms with Gasteiger partial charge in [0, 0.05) is 33.5 Å². The van der Waals surface area contributed by atoms with E-state index in [-0.39, 0.29) is 11.3 Å². The molecule has 1 aliphatic heterocycles. The fraction of sp³-hybridized carbons (Fsp3) is 0.0870. The molecule has 6 nitrogen and oxygen atoms in total. The molecule has 4 rings (SSSR count). The predicted octanol–water partition coefficient (Wildman–Crippen LogP) is 5.47. The fourth-order valence-corrected chi connectivity index (χ4v) is 3.94. The van der Waals surface area contributed by atoms with Crippen LogP contribution in [0, 0.1) is 6.92 Å². The molecule has 1 aromatic heterocycles. The van der Waals surface area contributed by atoms with E-state index >= 15 is 0 Å². The van der Waals surface area contributed by atoms with Crippen LogP contribution >= 0.6 is 34.8 Å². The van der Waals surface area contributed by atoms with Crippen LogP contribution in [-0.4, -0.2) is 22.4 Å². The van der Waals surface area contributed by atoms with Gasteiger partial charge < -0.3 is 4.57 Å². The molecular weight excluding hydrogens is 473 g/mol. The van der Waals surface area contributed by atoms with Crippen molar-refractivity contribution in [2.75, 3.05) is 4.90 Å². The van der Waals surface area contributed by atoms with Crippen LogP contribution in [0.1, 0.15) is 16.8 Å². The molecule has 1 aliphatic rings. The van der Waals surface area contributed by atoms with E-state index < -0.39 is 17.8 Å². The molecule has 162 valence electrons. The van der Waals surface area contributed by atoms with Gasteiger partial charge in [0.2, 0.25) is 0 Å². The van der Waals surface area contributed by atoms with Gasteiger partial charge in [-0.25, -0.2) is 9.69 Å². The fourth-order valence-electron chi connectivity index (χ4n) is 3.30. The first-order chi connectivity index (χ1) is 15.2. The molecule has 1 saturated heterocycles. The molecule has 0 saturated carbocycles. The number of hydrogen-bond donors (Lipinski definition) is 1. The quantitative estimate of drug-likeness (QED) is 0.391. The molecule has 0 spiro atoms. The summed E-state index contributed by atoms with van der Waals surface area (Å²) in [5, 5.41) is 3.64. The minimum atomic E-state index is -0.833. The van der Waals surface area contributed by atoms with E-state index in [1.165, 1.54) is 12.1 Å². The maximum absolute atomic E-state index is 13.1. The topological polar surface area (TPSA) is 71.4 Å². The molecule has 0 unspecified atom stereocenters. The van der Waals surface area contributed by atoms with Gasteiger partial charge >= 0.3 is 6.03 Å². The second-order valence-corrected chi connectivity index (χ2v) is 8.44. The maximum atomic E-state index is 13.1. The van der Waals surface area contributed by atoms with E-state index in [0.717, 1.165) is 16.0 Å². The van der Waals surface area contributed by atoms with Gasteiger partial charge in [-0.3, -0.25) is 14.9 Å². The molecule has 2 aromatic carbocycles. The summed E-state index contributed by atoms with van der Waals surface area (Å²) in [5.74, 6) is -1.51. The van der Waals surface area contributed by atoms with Gasteiger partial charge in [0.25, 0.3) is 11.8 Å². The standard InChI is InChI=1S/C23H16Cl3N3O3/c1-13-4-7-17(11-19(13)25)29-22(31)18(21(30)27-23(29)32)10-16-3-2-8-28(16)12-14-5-6-15(24)9-20(14)26/h2-11H,12H2,1H3,(H,27,30,32)/b18-10+. The van der Waals surface area contributed by atoms with Crippen LogP contribution in [0.4, 0.5) is 10.5 Å². The molecule has 0 aliphatic carbocycles. The Kier molecular flexibility index (Phi) is 6.11. The SMILES string of the molecule is Cc1ccc(N2C(=O)NC(=O)/C(=C\c3cccn3Cc3ccc(Cl)cc3Cl)C2=O)cc1Cl. The number of barbiturate groups is 1. The number of amides is 4. The van der Waals surface area contributed by atoms with Gasteiger partial charge in [-0.15, -0.1) is 0 Å². The zero-order valence-electron chi connectivity index (χ0n) is 16.7. The van der Waals surface area contributed by atoms with Crippen molar-refractivity contribution in [3.63, 3.8) is 0 Å². The van der Waals surface area contributed by atoms with Gasteiger partial charge in [0.1, 0.15) is 5.57 Å². The summed E-state index contributed by atoms with van der Waals surface area (Å²) >= 11 is 18.4. The highest BCUT2D eigenvalue weighted by Crippen LogP contribution is 2.27. The first-order valence-electron chi connectivity index (χ1n) is 9.51. The van der Waals surface area contributed by atoms with Gasteiger partial charge in [0.15, 0.2) is 0 Å². The van der Waals surface area contributed by atoms with Gasteiger partial charge in [-0.2, -0.15) is 0 Å². The molecule has 0 bridgehead atoms. The summed E-state index contributed by atoms with van der Waals surface area (Å²) < 4.78 is 1.83. The average Bonchev–Trinajstić information content (AvgIpc) is 3.16. The van der Waals surface area contributed by atoms with Crippen LogP contribution in [0.25, 0.3) is 6.08 Å². The molecule has 0 atom stereocenters. The van der Waals surface area contributed by atoms with Crippen molar-refractivity contribution in [2.45, 2.75) is 13.5 Å². The number of hydrogen-bond acceptors (Lipinski definition) is 3. The van der Waals surface area contributed by atoms with Crippen LogP contribution in [-0.2, 0) is 16.1 Å². The zero-order valence-corrected chi connectivity index (χ0v) is 19.0. The Morgan fingerprint density at radius 3 is 2.47 bits per heavy atom. The molecule has 1 N–H and O–H groups in total. The Morgan fingerprint density at radius 1 is 0.969 bits per heavy atom. The number of imide groups is 2. The summed E-state index contributed by atoms with van der Waals surface area (Å²) in [6.07, 6.45) is 3.24. The Balaban J connectivity index is 1.68. The number of nitrogens with one attached hydrogen (secondary N) is 1. The molecule has 0 radical (unpaired) electrons. The van der Waals surface area contributed by atoms with Crippen LogP contribution in [0.3, 0.4) is 0 Å². The second kappa shape index (κ2) is 8.82. The van der Waals surface area contributed by atoms with E-state index in [0.29, 0.717) is 27.3 Å². The third-order valence-corrected chi connectivity index (χ3v) is 6.02. The van der Waals surface area contributed by atoms with Crippen molar-refractivity contribution < 1.29 is 14.4 Å². The number of nitrogens with zero attached hydrogens (tertiary/aromatic N) is 2. The largest absolute Gasteiger partial charge is 0.343 e. The van der Waals surface area contributed by atoms with Crippen molar-refractivity contribution in [3.05, 3.63) is 92.2 Å². The number of benzene rings is 2. The molecular formula is C23H16Cl3N3O3. The smallest absolute Gasteiger partial charge is 0.335 e. The summed E-state index contributed by atoms with van der Waals surface area (Å²) in [7, 11) is 0. The van der Waals surface area contributed by atoms with Gasteiger partial charge in [-0.1, -0.05) is 46.9 Å². The maximum Gasteiger partial charge on any atom is 0.335 e. The molecule has 2 heterocycles. The molecule has 1 fully saturated rings. The Labute approximate surface area is 199 Å². The Hall–Kier alpha value is -3.06. The lowest BCUT2D eigenvalue weighted by atomic mass is 10.1. The first-order valence-corrected chi connectivity index (χ1v) is 10.6. The highest BCUT2D eigenvalue weighted by molar-refractivity contribution is 6.39. The Bertz CT molecular complexity index is 1300. The Morgan fingerprint density at radius 2 is 1.75 bits per heavy atom. The van der Waals surface area contributed by atoms with Crippen molar-refractivity contribution in [1.82, 2.24) is 9.88 Å². The second-order valence-electron chi connectivity index (χ2n) is 7.19. The number of aromatic nitrogens is 1. The lowest BCUT2D eigenvalue weighted by Gasteiger charge is -2.26. The van der Waals surface area contributed by atoms with Gasteiger partial charge in [0.05, 0.1) is 5.69 Å². The molecule has 9 heteroatoms. The summed E-state index contributed by atoms with van der Waals surface area (Å²) in [6, 6.07) is 12.7. The molecule has 3 aromatic rings. The highest BCUT2D eigenvalue weighted by Gasteiger charge is 2.37. The number of carbonyl (C=O) groups is 3. The number of urea groups is 1. The van der Waals surface area contributed by atoms with Crippen LogP contribution < -0.4 is 10.2 Å². The summed E-state index contributed by atoms with van der Waals surface area (Å²) in [5.41, 5.74) is 2.29. The third-order valence-electron chi connectivity index (χ3n) is 5.03. The van der Waals surface area contributed by atoms with E-state index in [4.69, 9.17) is 34.8 Å². The minimum absolute atomic E-state index is 0.177. The van der Waals surface area contributed by atoms with E-state index in [1.54, 1.807) is 49.5 Å².